The lowest BCUT2D eigenvalue weighted by Gasteiger charge is -2.28. The fourth-order valence-electron chi connectivity index (χ4n) is 1.61. The molecule has 0 radical (unpaired) electrons. The second-order valence-electron chi connectivity index (χ2n) is 5.39. The normalized spacial score (nSPS) is 11.6. The Kier molecular flexibility index (Phi) is 7.39. The Balaban J connectivity index is 4.07. The van der Waals surface area contributed by atoms with E-state index in [1.807, 2.05) is 4.90 Å². The Hall–Kier alpha value is -0.570. The van der Waals surface area contributed by atoms with E-state index in [0.717, 1.165) is 13.1 Å². The molecular weight excluding hydrogens is 200 g/mol. The first-order valence-corrected chi connectivity index (χ1v) is 6.37. The maximum atomic E-state index is 12.0. The summed E-state index contributed by atoms with van der Waals surface area (Å²) >= 11 is 0. The van der Waals surface area contributed by atoms with Crippen molar-refractivity contribution in [3.8, 4) is 0 Å². The fraction of sp³-hybridized carbons (Fsp3) is 0.923. The molecule has 0 aliphatic carbocycles. The average molecular weight is 228 g/mol. The second kappa shape index (κ2) is 7.66. The molecule has 0 rings (SSSR count). The van der Waals surface area contributed by atoms with E-state index in [1.165, 1.54) is 0 Å². The molecule has 0 heterocycles. The number of rotatable bonds is 7. The summed E-state index contributed by atoms with van der Waals surface area (Å²) in [6, 6.07) is 0.749. The molecule has 0 atom stereocenters. The Morgan fingerprint density at radius 1 is 1.12 bits per heavy atom. The summed E-state index contributed by atoms with van der Waals surface area (Å²) in [5.41, 5.74) is 0. The second-order valence-corrected chi connectivity index (χ2v) is 5.39. The van der Waals surface area contributed by atoms with Gasteiger partial charge in [0.2, 0.25) is 5.91 Å². The van der Waals surface area contributed by atoms with E-state index in [2.05, 4.69) is 46.9 Å². The number of amides is 1. The highest BCUT2D eigenvalue weighted by Gasteiger charge is 2.17. The summed E-state index contributed by atoms with van der Waals surface area (Å²) in [5, 5.41) is 3.28. The van der Waals surface area contributed by atoms with Crippen LogP contribution in [0.4, 0.5) is 0 Å². The van der Waals surface area contributed by atoms with Gasteiger partial charge in [0.1, 0.15) is 0 Å². The molecule has 1 amide bonds. The number of hydrogen-bond acceptors (Lipinski definition) is 2. The molecule has 0 aromatic carbocycles. The van der Waals surface area contributed by atoms with Crippen LogP contribution in [-0.2, 0) is 4.79 Å². The third-order valence-electron chi connectivity index (χ3n) is 2.40. The third kappa shape index (κ3) is 6.83. The van der Waals surface area contributed by atoms with Gasteiger partial charge in [-0.25, -0.2) is 0 Å². The van der Waals surface area contributed by atoms with Crippen molar-refractivity contribution in [2.24, 2.45) is 5.92 Å². The summed E-state index contributed by atoms with van der Waals surface area (Å²) in [4.78, 5) is 14.0. The number of hydrogen-bond donors (Lipinski definition) is 1. The summed E-state index contributed by atoms with van der Waals surface area (Å²) < 4.78 is 0. The van der Waals surface area contributed by atoms with Gasteiger partial charge in [-0.2, -0.15) is 0 Å². The molecule has 0 aliphatic rings. The molecule has 0 spiro atoms. The minimum absolute atomic E-state index is 0.261. The lowest BCUT2D eigenvalue weighted by Crippen LogP contribution is -2.41. The maximum absolute atomic E-state index is 12.0. The molecule has 0 bridgehead atoms. The molecule has 96 valence electrons. The predicted molar refractivity (Wildman–Crippen MR) is 69.4 cm³/mol. The van der Waals surface area contributed by atoms with Crippen LogP contribution in [0, 0.1) is 5.92 Å². The largest absolute Gasteiger partial charge is 0.340 e. The first-order chi connectivity index (χ1) is 7.34. The smallest absolute Gasteiger partial charge is 0.224 e. The highest BCUT2D eigenvalue weighted by Crippen LogP contribution is 2.06. The topological polar surface area (TPSA) is 32.3 Å². The lowest BCUT2D eigenvalue weighted by molar-refractivity contribution is -0.133. The highest BCUT2D eigenvalue weighted by molar-refractivity contribution is 5.76. The number of carbonyl (C=O) groups is 1. The molecule has 0 saturated heterocycles. The van der Waals surface area contributed by atoms with Crippen molar-refractivity contribution in [1.29, 1.82) is 0 Å². The van der Waals surface area contributed by atoms with E-state index in [0.29, 0.717) is 24.4 Å². The quantitative estimate of drug-likeness (QED) is 0.725. The summed E-state index contributed by atoms with van der Waals surface area (Å²) in [6.45, 7) is 14.3. The summed E-state index contributed by atoms with van der Waals surface area (Å²) in [6.07, 6.45) is 0.600. The zero-order chi connectivity index (χ0) is 12.7. The van der Waals surface area contributed by atoms with Crippen LogP contribution in [0.1, 0.15) is 48.0 Å². The van der Waals surface area contributed by atoms with Crippen LogP contribution in [-0.4, -0.2) is 36.0 Å². The molecule has 3 heteroatoms. The minimum atomic E-state index is 0.261. The van der Waals surface area contributed by atoms with Gasteiger partial charge in [0.15, 0.2) is 0 Å². The van der Waals surface area contributed by atoms with Gasteiger partial charge >= 0.3 is 0 Å². The molecule has 0 aliphatic heterocycles. The van der Waals surface area contributed by atoms with E-state index < -0.39 is 0 Å². The van der Waals surface area contributed by atoms with Crippen LogP contribution >= 0.6 is 0 Å². The van der Waals surface area contributed by atoms with Crippen LogP contribution in [0.5, 0.6) is 0 Å². The van der Waals surface area contributed by atoms with Gasteiger partial charge in [-0.3, -0.25) is 4.79 Å². The molecule has 0 unspecified atom stereocenters. The standard InChI is InChI=1S/C13H28N2O/c1-10(2)9-15(12(5)6)13(16)7-8-14-11(3)4/h10-12,14H,7-9H2,1-6H3. The molecule has 0 saturated carbocycles. The van der Waals surface area contributed by atoms with Crippen molar-refractivity contribution in [2.45, 2.75) is 60.0 Å². The maximum Gasteiger partial charge on any atom is 0.224 e. The van der Waals surface area contributed by atoms with E-state index in [4.69, 9.17) is 0 Å². The van der Waals surface area contributed by atoms with Crippen molar-refractivity contribution in [3.63, 3.8) is 0 Å². The van der Waals surface area contributed by atoms with Gasteiger partial charge in [-0.15, -0.1) is 0 Å². The molecule has 3 nitrogen and oxygen atoms in total. The van der Waals surface area contributed by atoms with E-state index in [9.17, 15) is 4.79 Å². The van der Waals surface area contributed by atoms with Crippen molar-refractivity contribution < 1.29 is 4.79 Å². The zero-order valence-corrected chi connectivity index (χ0v) is 11.7. The molecule has 0 fully saturated rings. The molecule has 0 aromatic rings. The lowest BCUT2D eigenvalue weighted by atomic mass is 10.1. The summed E-state index contributed by atoms with van der Waals surface area (Å²) in [5.74, 6) is 0.793. The average Bonchev–Trinajstić information content (AvgIpc) is 2.12. The van der Waals surface area contributed by atoms with Crippen LogP contribution in [0.15, 0.2) is 0 Å². The fourth-order valence-corrected chi connectivity index (χ4v) is 1.61. The third-order valence-corrected chi connectivity index (χ3v) is 2.40. The number of nitrogens with one attached hydrogen (secondary N) is 1. The van der Waals surface area contributed by atoms with Gasteiger partial charge in [0.05, 0.1) is 0 Å². The molecular formula is C13H28N2O. The predicted octanol–water partition coefficient (Wildman–Crippen LogP) is 2.27. The van der Waals surface area contributed by atoms with E-state index in [1.54, 1.807) is 0 Å². The number of nitrogens with zero attached hydrogens (tertiary/aromatic N) is 1. The zero-order valence-electron chi connectivity index (χ0n) is 11.7. The summed E-state index contributed by atoms with van der Waals surface area (Å²) in [7, 11) is 0. The highest BCUT2D eigenvalue weighted by atomic mass is 16.2. The monoisotopic (exact) mass is 228 g/mol. The molecule has 16 heavy (non-hydrogen) atoms. The van der Waals surface area contributed by atoms with Crippen molar-refractivity contribution in [3.05, 3.63) is 0 Å². The van der Waals surface area contributed by atoms with Gasteiger partial charge in [-0.1, -0.05) is 27.7 Å². The Labute approximate surface area is 101 Å². The van der Waals surface area contributed by atoms with E-state index in [-0.39, 0.29) is 5.91 Å². The van der Waals surface area contributed by atoms with Crippen molar-refractivity contribution in [1.82, 2.24) is 10.2 Å². The van der Waals surface area contributed by atoms with Gasteiger partial charge in [0, 0.05) is 31.6 Å². The Bertz CT molecular complexity index is 200. The van der Waals surface area contributed by atoms with Gasteiger partial charge in [0.25, 0.3) is 0 Å². The SMILES string of the molecule is CC(C)CN(C(=O)CCNC(C)C)C(C)C. The Morgan fingerprint density at radius 3 is 2.06 bits per heavy atom. The van der Waals surface area contributed by atoms with Crippen LogP contribution in [0.2, 0.25) is 0 Å². The number of carbonyl (C=O) groups excluding carboxylic acids is 1. The van der Waals surface area contributed by atoms with Crippen LogP contribution in [0.25, 0.3) is 0 Å². The van der Waals surface area contributed by atoms with Crippen molar-refractivity contribution in [2.75, 3.05) is 13.1 Å². The minimum Gasteiger partial charge on any atom is -0.340 e. The van der Waals surface area contributed by atoms with Crippen LogP contribution in [0.3, 0.4) is 0 Å². The van der Waals surface area contributed by atoms with Gasteiger partial charge in [-0.05, 0) is 19.8 Å². The van der Waals surface area contributed by atoms with Crippen molar-refractivity contribution >= 4 is 5.91 Å². The van der Waals surface area contributed by atoms with Crippen LogP contribution < -0.4 is 5.32 Å². The first-order valence-electron chi connectivity index (χ1n) is 6.37. The van der Waals surface area contributed by atoms with Gasteiger partial charge < -0.3 is 10.2 Å². The molecule has 1 N–H and O–H groups in total. The van der Waals surface area contributed by atoms with E-state index >= 15 is 0 Å². The Morgan fingerprint density at radius 2 is 1.69 bits per heavy atom. The molecule has 0 aromatic heterocycles. The first kappa shape index (κ1) is 15.4.